The fourth-order valence-electron chi connectivity index (χ4n) is 2.79. The lowest BCUT2D eigenvalue weighted by atomic mass is 9.71. The molecule has 0 bridgehead atoms. The normalized spacial score (nSPS) is 13.6. The minimum absolute atomic E-state index is 0.394. The number of nitrogens with two attached hydrogens (primary N) is 1. The van der Waals surface area contributed by atoms with Crippen LogP contribution in [-0.2, 0) is 6.42 Å². The van der Waals surface area contributed by atoms with Crippen molar-refractivity contribution in [3.8, 4) is 0 Å². The number of benzene rings is 1. The van der Waals surface area contributed by atoms with Crippen LogP contribution in [0, 0.1) is 11.3 Å². The van der Waals surface area contributed by atoms with Crippen molar-refractivity contribution in [1.82, 2.24) is 0 Å². The number of hydrogen-bond acceptors (Lipinski definition) is 1. The quantitative estimate of drug-likeness (QED) is 0.723. The number of hydrogen-bond donors (Lipinski definition) is 1. The van der Waals surface area contributed by atoms with Crippen molar-refractivity contribution in [2.45, 2.75) is 52.9 Å². The van der Waals surface area contributed by atoms with Gasteiger partial charge in [0.25, 0.3) is 0 Å². The van der Waals surface area contributed by atoms with Gasteiger partial charge < -0.3 is 5.73 Å². The standard InChI is InChI=1S/C17H29N/c1-4-8-16(12-14-18)17(2,3)13-11-15-9-6-5-7-10-15/h5-7,9-10,16H,4,8,11-14,18H2,1-3H3. The van der Waals surface area contributed by atoms with Crippen LogP contribution in [0.2, 0.25) is 0 Å². The summed E-state index contributed by atoms with van der Waals surface area (Å²) in [6, 6.07) is 10.8. The Morgan fingerprint density at radius 1 is 1.11 bits per heavy atom. The van der Waals surface area contributed by atoms with Crippen molar-refractivity contribution in [3.63, 3.8) is 0 Å². The summed E-state index contributed by atoms with van der Waals surface area (Å²) in [6.07, 6.45) is 6.16. The van der Waals surface area contributed by atoms with Gasteiger partial charge in [0.1, 0.15) is 0 Å². The highest BCUT2D eigenvalue weighted by Gasteiger charge is 2.27. The second kappa shape index (κ2) is 7.58. The highest BCUT2D eigenvalue weighted by molar-refractivity contribution is 5.14. The first kappa shape index (κ1) is 15.2. The lowest BCUT2D eigenvalue weighted by molar-refractivity contribution is 0.173. The van der Waals surface area contributed by atoms with Crippen LogP contribution >= 0.6 is 0 Å². The van der Waals surface area contributed by atoms with Gasteiger partial charge in [-0.3, -0.25) is 0 Å². The molecule has 0 amide bonds. The van der Waals surface area contributed by atoms with Gasteiger partial charge in [-0.1, -0.05) is 63.9 Å². The minimum Gasteiger partial charge on any atom is -0.330 e. The third-order valence-electron chi connectivity index (χ3n) is 4.16. The van der Waals surface area contributed by atoms with Crippen molar-refractivity contribution in [3.05, 3.63) is 35.9 Å². The van der Waals surface area contributed by atoms with E-state index in [2.05, 4.69) is 51.1 Å². The predicted octanol–water partition coefficient (Wildman–Crippen LogP) is 4.41. The van der Waals surface area contributed by atoms with E-state index in [0.29, 0.717) is 5.41 Å². The Balaban J connectivity index is 2.55. The molecule has 1 aromatic rings. The van der Waals surface area contributed by atoms with Crippen LogP contribution in [-0.4, -0.2) is 6.54 Å². The van der Waals surface area contributed by atoms with E-state index in [0.717, 1.165) is 18.9 Å². The largest absolute Gasteiger partial charge is 0.330 e. The van der Waals surface area contributed by atoms with Gasteiger partial charge in [-0.25, -0.2) is 0 Å². The Labute approximate surface area is 113 Å². The van der Waals surface area contributed by atoms with Crippen LogP contribution in [0.3, 0.4) is 0 Å². The summed E-state index contributed by atoms with van der Waals surface area (Å²) < 4.78 is 0. The van der Waals surface area contributed by atoms with Crippen LogP contribution in [0.4, 0.5) is 0 Å². The van der Waals surface area contributed by atoms with Crippen LogP contribution < -0.4 is 5.73 Å². The van der Waals surface area contributed by atoms with Gasteiger partial charge in [-0.2, -0.15) is 0 Å². The molecule has 0 spiro atoms. The average molecular weight is 247 g/mol. The first-order valence-corrected chi connectivity index (χ1v) is 7.34. The molecule has 0 fully saturated rings. The zero-order chi connectivity index (χ0) is 13.4. The smallest absolute Gasteiger partial charge is 0.00744 e. The van der Waals surface area contributed by atoms with Crippen molar-refractivity contribution in [2.24, 2.45) is 17.1 Å². The molecule has 0 radical (unpaired) electrons. The molecular weight excluding hydrogens is 218 g/mol. The van der Waals surface area contributed by atoms with Gasteiger partial charge >= 0.3 is 0 Å². The molecule has 18 heavy (non-hydrogen) atoms. The second-order valence-corrected chi connectivity index (χ2v) is 6.04. The van der Waals surface area contributed by atoms with Crippen molar-refractivity contribution >= 4 is 0 Å². The average Bonchev–Trinajstić information content (AvgIpc) is 2.37. The van der Waals surface area contributed by atoms with Crippen LogP contribution in [0.15, 0.2) is 30.3 Å². The van der Waals surface area contributed by atoms with Crippen molar-refractivity contribution < 1.29 is 0 Å². The van der Waals surface area contributed by atoms with E-state index in [1.807, 2.05) is 0 Å². The molecule has 0 aliphatic rings. The van der Waals surface area contributed by atoms with E-state index in [1.54, 1.807) is 0 Å². The zero-order valence-electron chi connectivity index (χ0n) is 12.3. The number of rotatable bonds is 8. The third-order valence-corrected chi connectivity index (χ3v) is 4.16. The topological polar surface area (TPSA) is 26.0 Å². The van der Waals surface area contributed by atoms with E-state index in [4.69, 9.17) is 5.73 Å². The molecule has 1 unspecified atom stereocenters. The molecule has 102 valence electrons. The third kappa shape index (κ3) is 4.81. The Hall–Kier alpha value is -0.820. The Kier molecular flexibility index (Phi) is 6.42. The first-order valence-electron chi connectivity index (χ1n) is 7.34. The van der Waals surface area contributed by atoms with Crippen LogP contribution in [0.5, 0.6) is 0 Å². The van der Waals surface area contributed by atoms with Crippen molar-refractivity contribution in [1.29, 1.82) is 0 Å². The Morgan fingerprint density at radius 3 is 2.33 bits per heavy atom. The number of aryl methyl sites for hydroxylation is 1. The summed E-state index contributed by atoms with van der Waals surface area (Å²) in [5.41, 5.74) is 7.61. The van der Waals surface area contributed by atoms with Gasteiger partial charge in [-0.15, -0.1) is 0 Å². The zero-order valence-corrected chi connectivity index (χ0v) is 12.3. The van der Waals surface area contributed by atoms with Gasteiger partial charge in [0.2, 0.25) is 0 Å². The van der Waals surface area contributed by atoms with E-state index >= 15 is 0 Å². The summed E-state index contributed by atoms with van der Waals surface area (Å²) in [5, 5.41) is 0. The van der Waals surface area contributed by atoms with Gasteiger partial charge in [0, 0.05) is 0 Å². The van der Waals surface area contributed by atoms with Crippen LogP contribution in [0.1, 0.15) is 52.0 Å². The van der Waals surface area contributed by atoms with Crippen molar-refractivity contribution in [2.75, 3.05) is 6.54 Å². The summed E-state index contributed by atoms with van der Waals surface area (Å²) in [5.74, 6) is 0.760. The van der Waals surface area contributed by atoms with E-state index in [1.165, 1.54) is 31.2 Å². The summed E-state index contributed by atoms with van der Waals surface area (Å²) in [7, 11) is 0. The summed E-state index contributed by atoms with van der Waals surface area (Å²) in [6.45, 7) is 7.91. The molecule has 1 heteroatoms. The van der Waals surface area contributed by atoms with E-state index < -0.39 is 0 Å². The first-order chi connectivity index (χ1) is 8.60. The lowest BCUT2D eigenvalue weighted by Crippen LogP contribution is -2.27. The fraction of sp³-hybridized carbons (Fsp3) is 0.647. The summed E-state index contributed by atoms with van der Waals surface area (Å²) >= 11 is 0. The maximum Gasteiger partial charge on any atom is -0.00744 e. The minimum atomic E-state index is 0.394. The molecule has 1 atom stereocenters. The highest BCUT2D eigenvalue weighted by atomic mass is 14.5. The van der Waals surface area contributed by atoms with Gasteiger partial charge in [0.15, 0.2) is 0 Å². The molecule has 0 aliphatic heterocycles. The Bertz CT molecular complexity index is 310. The maximum absolute atomic E-state index is 5.76. The predicted molar refractivity (Wildman–Crippen MR) is 80.6 cm³/mol. The summed E-state index contributed by atoms with van der Waals surface area (Å²) in [4.78, 5) is 0. The Morgan fingerprint density at radius 2 is 1.78 bits per heavy atom. The lowest BCUT2D eigenvalue weighted by Gasteiger charge is -2.34. The molecular formula is C17H29N. The maximum atomic E-state index is 5.76. The molecule has 1 nitrogen and oxygen atoms in total. The second-order valence-electron chi connectivity index (χ2n) is 6.04. The molecule has 0 saturated heterocycles. The molecule has 1 rings (SSSR count). The monoisotopic (exact) mass is 247 g/mol. The molecule has 0 saturated carbocycles. The molecule has 0 aromatic heterocycles. The van der Waals surface area contributed by atoms with Crippen LogP contribution in [0.25, 0.3) is 0 Å². The molecule has 2 N–H and O–H groups in total. The molecule has 0 aliphatic carbocycles. The van der Waals surface area contributed by atoms with Gasteiger partial charge in [-0.05, 0) is 42.7 Å². The molecule has 1 aromatic carbocycles. The SMILES string of the molecule is CCCC(CCN)C(C)(C)CCc1ccccc1. The van der Waals surface area contributed by atoms with E-state index in [-0.39, 0.29) is 0 Å². The molecule has 0 heterocycles. The van der Waals surface area contributed by atoms with E-state index in [9.17, 15) is 0 Å². The fourth-order valence-corrected chi connectivity index (χ4v) is 2.79. The van der Waals surface area contributed by atoms with Gasteiger partial charge in [0.05, 0.1) is 0 Å². The highest BCUT2D eigenvalue weighted by Crippen LogP contribution is 2.37.